The molecule has 2 N–H and O–H groups in total. The van der Waals surface area contributed by atoms with Gasteiger partial charge < -0.3 is 10.3 Å². The number of nitrogens with zero attached hydrogens (tertiary/aromatic N) is 1. The van der Waals surface area contributed by atoms with E-state index in [0.717, 1.165) is 16.7 Å². The molecule has 0 saturated carbocycles. The summed E-state index contributed by atoms with van der Waals surface area (Å²) in [7, 11) is 0. The molecule has 0 bridgehead atoms. The van der Waals surface area contributed by atoms with E-state index in [1.807, 2.05) is 30.3 Å². The van der Waals surface area contributed by atoms with Crippen LogP contribution >= 0.6 is 0 Å². The minimum Gasteiger partial charge on any atom is -0.367 e. The van der Waals surface area contributed by atoms with Gasteiger partial charge in [-0.1, -0.05) is 35.5 Å². The van der Waals surface area contributed by atoms with Crippen molar-refractivity contribution < 1.29 is 8.91 Å². The molecule has 1 heterocycles. The number of hydrogen-bond acceptors (Lipinski definition) is 3. The highest BCUT2D eigenvalue weighted by atomic mass is 19.1. The summed E-state index contributed by atoms with van der Waals surface area (Å²) in [6.07, 6.45) is 0.628. The van der Waals surface area contributed by atoms with Gasteiger partial charge in [0.25, 0.3) is 0 Å². The lowest BCUT2D eigenvalue weighted by atomic mass is 10.0. The summed E-state index contributed by atoms with van der Waals surface area (Å²) >= 11 is 0. The number of anilines is 1. The fraction of sp³-hybridized carbons (Fsp3) is 0.0625. The van der Waals surface area contributed by atoms with E-state index in [9.17, 15) is 4.39 Å². The zero-order valence-corrected chi connectivity index (χ0v) is 10.7. The predicted molar refractivity (Wildman–Crippen MR) is 75.6 cm³/mol. The summed E-state index contributed by atoms with van der Waals surface area (Å²) in [5, 5.41) is 3.99. The van der Waals surface area contributed by atoms with E-state index < -0.39 is 0 Å². The van der Waals surface area contributed by atoms with Gasteiger partial charge in [0.1, 0.15) is 11.5 Å². The highest BCUT2D eigenvalue weighted by molar-refractivity contribution is 5.67. The van der Waals surface area contributed by atoms with Crippen LogP contribution in [0.25, 0.3) is 11.3 Å². The quantitative estimate of drug-likeness (QED) is 0.788. The van der Waals surface area contributed by atoms with E-state index >= 15 is 0 Å². The van der Waals surface area contributed by atoms with Crippen LogP contribution in [0.2, 0.25) is 0 Å². The van der Waals surface area contributed by atoms with Crippen molar-refractivity contribution >= 4 is 5.88 Å². The Kier molecular flexibility index (Phi) is 3.21. The van der Waals surface area contributed by atoms with Gasteiger partial charge in [-0.05, 0) is 29.8 Å². The molecular weight excluding hydrogens is 255 g/mol. The Morgan fingerprint density at radius 1 is 1.00 bits per heavy atom. The van der Waals surface area contributed by atoms with Crippen LogP contribution in [0.15, 0.2) is 59.1 Å². The maximum atomic E-state index is 13.0. The monoisotopic (exact) mass is 268 g/mol. The number of hydrogen-bond donors (Lipinski definition) is 1. The summed E-state index contributed by atoms with van der Waals surface area (Å²) in [4.78, 5) is 0. The average Bonchev–Trinajstić information content (AvgIpc) is 2.83. The summed E-state index contributed by atoms with van der Waals surface area (Å²) < 4.78 is 18.1. The second kappa shape index (κ2) is 5.17. The molecule has 0 amide bonds. The van der Waals surface area contributed by atoms with Crippen LogP contribution in [-0.4, -0.2) is 5.16 Å². The molecule has 2 aromatic carbocycles. The van der Waals surface area contributed by atoms with E-state index in [1.54, 1.807) is 12.1 Å². The van der Waals surface area contributed by atoms with E-state index in [4.69, 9.17) is 10.3 Å². The zero-order chi connectivity index (χ0) is 13.9. The standard InChI is InChI=1S/C16H13FN2O/c17-13-8-6-12(7-9-13)15-14(16(18)20-19-15)10-11-4-2-1-3-5-11/h1-9H,10,18H2. The Morgan fingerprint density at radius 2 is 1.70 bits per heavy atom. The number of nitrogens with two attached hydrogens (primary N) is 1. The van der Waals surface area contributed by atoms with Crippen molar-refractivity contribution in [1.29, 1.82) is 0 Å². The molecule has 4 heteroatoms. The van der Waals surface area contributed by atoms with E-state index in [1.165, 1.54) is 12.1 Å². The Hall–Kier alpha value is -2.62. The molecule has 0 aliphatic rings. The number of nitrogen functional groups attached to an aromatic ring is 1. The summed E-state index contributed by atoms with van der Waals surface area (Å²) in [5.74, 6) is 0.0167. The molecule has 0 aliphatic carbocycles. The van der Waals surface area contributed by atoms with Gasteiger partial charge in [0.05, 0.1) is 0 Å². The Balaban J connectivity index is 1.99. The Morgan fingerprint density at radius 3 is 2.40 bits per heavy atom. The van der Waals surface area contributed by atoms with E-state index in [2.05, 4.69) is 5.16 Å². The van der Waals surface area contributed by atoms with Gasteiger partial charge in [-0.3, -0.25) is 0 Å². The largest absolute Gasteiger partial charge is 0.367 e. The minimum absolute atomic E-state index is 0.283. The molecule has 0 aliphatic heterocycles. The van der Waals surface area contributed by atoms with Crippen LogP contribution in [-0.2, 0) is 6.42 Å². The van der Waals surface area contributed by atoms with E-state index in [0.29, 0.717) is 18.0 Å². The normalized spacial score (nSPS) is 10.7. The summed E-state index contributed by atoms with van der Waals surface area (Å²) in [6, 6.07) is 16.1. The second-order valence-electron chi connectivity index (χ2n) is 4.54. The Bertz CT molecular complexity index is 705. The molecular formula is C16H13FN2O. The topological polar surface area (TPSA) is 52.0 Å². The number of rotatable bonds is 3. The maximum absolute atomic E-state index is 13.0. The second-order valence-corrected chi connectivity index (χ2v) is 4.54. The van der Waals surface area contributed by atoms with Gasteiger partial charge in [-0.2, -0.15) is 0 Å². The third-order valence-corrected chi connectivity index (χ3v) is 3.16. The maximum Gasteiger partial charge on any atom is 0.226 e. The van der Waals surface area contributed by atoms with Gasteiger partial charge in [-0.15, -0.1) is 0 Å². The van der Waals surface area contributed by atoms with Crippen LogP contribution in [0.1, 0.15) is 11.1 Å². The fourth-order valence-electron chi connectivity index (χ4n) is 2.13. The van der Waals surface area contributed by atoms with E-state index in [-0.39, 0.29) is 5.82 Å². The van der Waals surface area contributed by atoms with Gasteiger partial charge in [0.2, 0.25) is 5.88 Å². The smallest absolute Gasteiger partial charge is 0.226 e. The molecule has 3 nitrogen and oxygen atoms in total. The summed E-state index contributed by atoms with van der Waals surface area (Å²) in [6.45, 7) is 0. The lowest BCUT2D eigenvalue weighted by Gasteiger charge is -2.03. The fourth-order valence-corrected chi connectivity index (χ4v) is 2.13. The number of benzene rings is 2. The molecule has 0 unspecified atom stereocenters. The van der Waals surface area contributed by atoms with Crippen LogP contribution in [0.5, 0.6) is 0 Å². The van der Waals surface area contributed by atoms with Crippen LogP contribution in [0.3, 0.4) is 0 Å². The molecule has 0 spiro atoms. The van der Waals surface area contributed by atoms with Crippen LogP contribution in [0, 0.1) is 5.82 Å². The molecule has 0 radical (unpaired) electrons. The number of aromatic nitrogens is 1. The molecule has 0 saturated heterocycles. The lowest BCUT2D eigenvalue weighted by molar-refractivity contribution is 0.438. The minimum atomic E-state index is -0.283. The summed E-state index contributed by atoms with van der Waals surface area (Å²) in [5.41, 5.74) is 9.24. The first-order chi connectivity index (χ1) is 9.74. The molecule has 0 fully saturated rings. The van der Waals surface area contributed by atoms with Crippen molar-refractivity contribution in [1.82, 2.24) is 5.16 Å². The molecule has 20 heavy (non-hydrogen) atoms. The first kappa shape index (κ1) is 12.4. The van der Waals surface area contributed by atoms with Gasteiger partial charge in [-0.25, -0.2) is 4.39 Å². The highest BCUT2D eigenvalue weighted by Gasteiger charge is 2.15. The molecule has 0 atom stereocenters. The first-order valence-electron chi connectivity index (χ1n) is 6.28. The molecule has 1 aromatic heterocycles. The van der Waals surface area contributed by atoms with Crippen molar-refractivity contribution in [3.8, 4) is 11.3 Å². The van der Waals surface area contributed by atoms with Crippen molar-refractivity contribution in [2.24, 2.45) is 0 Å². The zero-order valence-electron chi connectivity index (χ0n) is 10.7. The van der Waals surface area contributed by atoms with Crippen molar-refractivity contribution in [3.05, 3.63) is 71.5 Å². The molecule has 3 aromatic rings. The third kappa shape index (κ3) is 2.40. The number of halogens is 1. The highest BCUT2D eigenvalue weighted by Crippen LogP contribution is 2.29. The predicted octanol–water partition coefficient (Wildman–Crippen LogP) is 3.65. The SMILES string of the molecule is Nc1onc(-c2ccc(F)cc2)c1Cc1ccccc1. The van der Waals surface area contributed by atoms with Crippen molar-refractivity contribution in [3.63, 3.8) is 0 Å². The first-order valence-corrected chi connectivity index (χ1v) is 6.28. The average molecular weight is 268 g/mol. The van der Waals surface area contributed by atoms with Gasteiger partial charge in [0, 0.05) is 17.5 Å². The molecule has 100 valence electrons. The molecule has 3 rings (SSSR count). The van der Waals surface area contributed by atoms with Gasteiger partial charge >= 0.3 is 0 Å². The Labute approximate surface area is 115 Å². The van der Waals surface area contributed by atoms with Crippen molar-refractivity contribution in [2.75, 3.05) is 5.73 Å². The van der Waals surface area contributed by atoms with Gasteiger partial charge in [0.15, 0.2) is 0 Å². The van der Waals surface area contributed by atoms with Crippen molar-refractivity contribution in [2.45, 2.75) is 6.42 Å². The van der Waals surface area contributed by atoms with Crippen LogP contribution in [0.4, 0.5) is 10.3 Å². The lowest BCUT2D eigenvalue weighted by Crippen LogP contribution is -1.94. The third-order valence-electron chi connectivity index (χ3n) is 3.16. The van der Waals surface area contributed by atoms with Crippen LogP contribution < -0.4 is 5.73 Å².